The van der Waals surface area contributed by atoms with Crippen molar-refractivity contribution in [1.29, 1.82) is 42.1 Å². The van der Waals surface area contributed by atoms with Crippen molar-refractivity contribution in [3.8, 4) is 101 Å². The molecule has 778 valence electrons. The predicted molar refractivity (Wildman–Crippen MR) is 556 cm³/mol. The number of nitrogens with one attached hydrogen (secondary N) is 2. The molecule has 4 unspecified atom stereocenters. The molecule has 18 heterocycles. The van der Waals surface area contributed by atoms with Gasteiger partial charge in [-0.05, 0) is 186 Å². The summed E-state index contributed by atoms with van der Waals surface area (Å²) in [5, 5.41) is 77.8. The van der Waals surface area contributed by atoms with E-state index in [0.717, 1.165) is 213 Å². The first kappa shape index (κ1) is 112. The summed E-state index contributed by atoms with van der Waals surface area (Å²) < 4.78 is 51.0. The Hall–Kier alpha value is -16.5. The van der Waals surface area contributed by atoms with Crippen LogP contribution >= 0.6 is 11.6 Å². The van der Waals surface area contributed by atoms with Gasteiger partial charge in [-0.3, -0.25) is 4.98 Å². The zero-order chi connectivity index (χ0) is 105. The second-order valence-electron chi connectivity index (χ2n) is 35.9. The highest BCUT2D eigenvalue weighted by molar-refractivity contribution is 6.34. The fraction of sp³-hybridized carbons (Fsp3) is 0.485. The topological polar surface area (TPSA) is 622 Å². The third-order valence-electron chi connectivity index (χ3n) is 25.2. The Balaban J connectivity index is 0.000000169. The minimum absolute atomic E-state index is 0.0650. The van der Waals surface area contributed by atoms with Crippen LogP contribution in [0.3, 0.4) is 0 Å². The van der Waals surface area contributed by atoms with Gasteiger partial charge in [-0.15, -0.1) is 0 Å². The Kier molecular flexibility index (Phi) is 47.1. The number of hydrogen-bond donors (Lipinski definition) is 9. The smallest absolute Gasteiger partial charge is 0.179 e. The molecule has 18 rings (SSSR count). The van der Waals surface area contributed by atoms with Gasteiger partial charge in [0.15, 0.2) is 49.5 Å². The van der Waals surface area contributed by atoms with E-state index >= 15 is 0 Å². The van der Waals surface area contributed by atoms with Crippen molar-refractivity contribution in [3.05, 3.63) is 169 Å². The number of nitrogens with two attached hydrogens (primary N) is 7. The minimum atomic E-state index is 0.0650. The van der Waals surface area contributed by atoms with Crippen LogP contribution in [0.4, 0.5) is 46.5 Å². The Morgan fingerprint density at radius 1 is 0.333 bits per heavy atom. The van der Waals surface area contributed by atoms with Gasteiger partial charge in [-0.25, -0.2) is 39.9 Å². The van der Waals surface area contributed by atoms with Crippen LogP contribution in [0.25, 0.3) is 0 Å². The number of aryl methyl sites for hydroxylation is 3. The molecule has 9 aliphatic heterocycles. The standard InChI is InChI=1S/C13H17N3O.2C12H16N4O.C11H13ClN4O.4C11H14N4O.C11H17N3O/c1-11-8-13(5-6-15-11)17-9-12-4-2-3-7-16(12)10-14;1-14-12-7-11(4-5-15-12)17-8-10-3-2-6-16(10)9-13;1-9-6-15-12(14)5-11(9)17-7-10-3-2-4-16(10)8-13;12-10-9(3-4-15-11(10)14)17-6-8-2-1-5-16(8)7-13;12-8-15-5-1-2-10(7-15)16-9-3-4-14-11(13)6-9;3*12-8-15-5-1-2-9(15)7-16-10-3-4-14-11(13)6-10;1-8-6-14-11(12)5-10(8)15-7-9-3-2-4-13-9/h5-6,8,12H,2-4,7,9H2,1H3;4-5,7,10H,2-3,6,8H2,1H3,(H,14,15);5-6,10H,2-4,7H2,1H3,(H2,14,15);3-4,8H,1-2,5-6H2,(H2,14,15);3-4,6,10H,1-2,5,7H2,(H2,13,14);3*3-4,6,9H,1-2,5,7H2,(H2,13,14);5-6,9,13H,2-4,7H2,1H3,(H2,12,14)/t;;10-;8-;;2*9-;;9-/m..00.10.0/s1. The average Bonchev–Trinajstić information content (AvgIpc) is 1.81. The Bertz CT molecular complexity index is 5670. The molecule has 0 amide bonds. The second-order valence-corrected chi connectivity index (χ2v) is 36.3. The molecule has 9 atom stereocenters. The van der Waals surface area contributed by atoms with Gasteiger partial charge in [0.05, 0.1) is 48.8 Å². The Morgan fingerprint density at radius 3 is 1.03 bits per heavy atom. The largest absolute Gasteiger partial charge is 0.491 e. The van der Waals surface area contributed by atoms with Gasteiger partial charge in [-0.1, -0.05) is 11.6 Å². The molecule has 147 heavy (non-hydrogen) atoms. The van der Waals surface area contributed by atoms with E-state index in [1.165, 1.54) is 19.3 Å². The van der Waals surface area contributed by atoms with Gasteiger partial charge in [0, 0.05) is 193 Å². The van der Waals surface area contributed by atoms with Gasteiger partial charge in [0.1, 0.15) is 162 Å². The third-order valence-corrected chi connectivity index (χ3v) is 25.6. The SMILES string of the molecule is CNc1cc(OCC2CCCN2C#N)ccn1.Cc1cc(OCC2CCCCN2C#N)ccn1.Cc1cnc(N)cc1OC[C@@H]1CCCN1.Cc1cnc(N)cc1OC[C@@H]1CCCN1C#N.N#CN1CCCC(Oc2ccnc(N)c2)C1.N#CN1CCCC1COc1ccnc(N)c1.N#CN1CCC[C@@H]1COc1ccnc(N)c1.N#CN1CCC[C@H]1COc1ccnc(N)c1.N#CN1CCC[C@H]1COc1ccnc(N)c1Cl. The van der Waals surface area contributed by atoms with Crippen molar-refractivity contribution < 1.29 is 42.6 Å². The minimum Gasteiger partial charge on any atom is -0.491 e. The monoisotopic (exact) mass is 2030 g/mol. The Morgan fingerprint density at radius 2 is 0.660 bits per heavy atom. The molecule has 9 saturated heterocycles. The van der Waals surface area contributed by atoms with Gasteiger partial charge in [0.25, 0.3) is 0 Å². The van der Waals surface area contributed by atoms with E-state index in [2.05, 4.69) is 105 Å². The normalized spacial score (nSPS) is 19.5. The predicted octanol–water partition coefficient (Wildman–Crippen LogP) is 11.5. The number of ether oxygens (including phenoxy) is 9. The molecule has 0 aromatic carbocycles. The number of likely N-dealkylation sites (tertiary alicyclic amines) is 8. The summed E-state index contributed by atoms with van der Waals surface area (Å²) in [4.78, 5) is 49.8. The zero-order valence-corrected chi connectivity index (χ0v) is 84.7. The van der Waals surface area contributed by atoms with Crippen LogP contribution in [0.1, 0.15) is 139 Å². The van der Waals surface area contributed by atoms with E-state index in [0.29, 0.717) is 128 Å². The number of halogens is 1. The molecular weight excluding hydrogens is 1890 g/mol. The van der Waals surface area contributed by atoms with Crippen LogP contribution in [-0.2, 0) is 0 Å². The molecule has 0 radical (unpaired) electrons. The molecule has 9 fully saturated rings. The number of anilines is 8. The molecule has 9 aromatic rings. The summed E-state index contributed by atoms with van der Waals surface area (Å²) in [5.74, 6) is 10.4. The highest BCUT2D eigenvalue weighted by Gasteiger charge is 2.31. The molecule has 9 aromatic heterocycles. The lowest BCUT2D eigenvalue weighted by molar-refractivity contribution is 0.119. The first-order chi connectivity index (χ1) is 71.4. The van der Waals surface area contributed by atoms with Crippen LogP contribution in [0, 0.1) is 112 Å². The van der Waals surface area contributed by atoms with E-state index < -0.39 is 0 Å². The second kappa shape index (κ2) is 61.5. The van der Waals surface area contributed by atoms with E-state index in [1.54, 1.807) is 157 Å². The van der Waals surface area contributed by atoms with Crippen molar-refractivity contribution in [1.82, 2.24) is 89.4 Å². The summed E-state index contributed by atoms with van der Waals surface area (Å²) in [6, 6.07) is 28.3. The number of piperidine rings is 2. The maximum absolute atomic E-state index is 9.01. The van der Waals surface area contributed by atoms with Crippen LogP contribution in [0.15, 0.2) is 147 Å². The van der Waals surface area contributed by atoms with Crippen LogP contribution in [0.2, 0.25) is 5.02 Å². The highest BCUT2D eigenvalue weighted by atomic mass is 35.5. The molecular formula is C103H135ClN34O9. The Labute approximate surface area is 865 Å². The molecule has 0 bridgehead atoms. The van der Waals surface area contributed by atoms with Crippen molar-refractivity contribution in [3.63, 3.8) is 0 Å². The first-order valence-corrected chi connectivity index (χ1v) is 49.8. The maximum Gasteiger partial charge on any atom is 0.179 e. The number of nitrogens with zero attached hydrogens (tertiary/aromatic N) is 25. The number of aromatic nitrogens is 9. The van der Waals surface area contributed by atoms with Crippen molar-refractivity contribution in [2.45, 2.75) is 197 Å². The lowest BCUT2D eigenvalue weighted by Gasteiger charge is -2.30. The molecule has 43 nitrogen and oxygen atoms in total. The molecule has 0 spiro atoms. The van der Waals surface area contributed by atoms with Gasteiger partial charge in [0.2, 0.25) is 0 Å². The van der Waals surface area contributed by atoms with Crippen molar-refractivity contribution in [2.24, 2.45) is 0 Å². The molecule has 9 aliphatic rings. The van der Waals surface area contributed by atoms with E-state index in [4.69, 9.17) is 136 Å². The highest BCUT2D eigenvalue weighted by Crippen LogP contribution is 2.32. The summed E-state index contributed by atoms with van der Waals surface area (Å²) in [6.07, 6.45) is 52.5. The summed E-state index contributed by atoms with van der Waals surface area (Å²) >= 11 is 5.96. The van der Waals surface area contributed by atoms with Crippen LogP contribution in [0.5, 0.6) is 51.7 Å². The van der Waals surface area contributed by atoms with Crippen LogP contribution < -0.4 is 93.4 Å². The number of pyridine rings is 9. The van der Waals surface area contributed by atoms with Gasteiger partial charge >= 0.3 is 0 Å². The van der Waals surface area contributed by atoms with E-state index in [9.17, 15) is 0 Å². The van der Waals surface area contributed by atoms with E-state index in [1.807, 2.05) is 57.0 Å². The average molecular weight is 2030 g/mol. The zero-order valence-electron chi connectivity index (χ0n) is 84.0. The van der Waals surface area contributed by atoms with Crippen molar-refractivity contribution >= 4 is 58.1 Å². The molecule has 44 heteroatoms. The third kappa shape index (κ3) is 38.6. The van der Waals surface area contributed by atoms with Gasteiger partial charge in [-0.2, -0.15) is 42.1 Å². The first-order valence-electron chi connectivity index (χ1n) is 49.5. The molecule has 0 saturated carbocycles. The lowest BCUT2D eigenvalue weighted by Crippen LogP contribution is -2.39. The summed E-state index contributed by atoms with van der Waals surface area (Å²) in [6.45, 7) is 18.7. The molecule has 16 N–H and O–H groups in total. The maximum atomic E-state index is 9.01. The summed E-state index contributed by atoms with van der Waals surface area (Å²) in [7, 11) is 1.82. The quantitative estimate of drug-likeness (QED) is 0.0216. The van der Waals surface area contributed by atoms with Gasteiger partial charge < -0.3 is 133 Å². The van der Waals surface area contributed by atoms with Crippen LogP contribution in [-0.4, -0.2) is 264 Å². The number of nitriles is 8. The number of hydrogen-bond acceptors (Lipinski definition) is 43. The molecule has 0 aliphatic carbocycles. The number of rotatable bonds is 27. The number of nitrogen functional groups attached to an aromatic ring is 7. The fourth-order valence-electron chi connectivity index (χ4n) is 17.1. The lowest BCUT2D eigenvalue weighted by atomic mass is 10.0. The van der Waals surface area contributed by atoms with Crippen molar-refractivity contribution in [2.75, 3.05) is 171 Å². The fourth-order valence-corrected chi connectivity index (χ4v) is 17.3. The summed E-state index contributed by atoms with van der Waals surface area (Å²) in [5.41, 5.74) is 41.9. The van der Waals surface area contributed by atoms with E-state index in [-0.39, 0.29) is 54.2 Å².